The molecule has 0 radical (unpaired) electrons. The predicted octanol–water partition coefficient (Wildman–Crippen LogP) is 3.83. The fourth-order valence-corrected chi connectivity index (χ4v) is 3.45. The van der Waals surface area contributed by atoms with Gasteiger partial charge < -0.3 is 10.8 Å². The van der Waals surface area contributed by atoms with Gasteiger partial charge in [-0.3, -0.25) is 4.79 Å². The van der Waals surface area contributed by atoms with Crippen molar-refractivity contribution in [2.24, 2.45) is 5.73 Å². The highest BCUT2D eigenvalue weighted by Gasteiger charge is 2.16. The van der Waals surface area contributed by atoms with Crippen LogP contribution in [-0.2, 0) is 4.79 Å². The van der Waals surface area contributed by atoms with Gasteiger partial charge in [-0.2, -0.15) is 0 Å². The average Bonchev–Trinajstić information content (AvgIpc) is 2.96. The van der Waals surface area contributed by atoms with Gasteiger partial charge in [0.05, 0.1) is 10.2 Å². The maximum absolute atomic E-state index is 10.7. The minimum absolute atomic E-state index is 0.0648. The number of hydrogen-bond acceptors (Lipinski definition) is 4. The number of nitrogens with zero attached hydrogens (tertiary/aromatic N) is 1. The van der Waals surface area contributed by atoms with Gasteiger partial charge in [-0.05, 0) is 24.1 Å². The van der Waals surface area contributed by atoms with E-state index in [0.717, 1.165) is 26.4 Å². The number of nitrogens with two attached hydrogens (primary N) is 1. The summed E-state index contributed by atoms with van der Waals surface area (Å²) in [5.74, 6) is -0.826. The van der Waals surface area contributed by atoms with Crippen molar-refractivity contribution in [3.05, 3.63) is 54.1 Å². The van der Waals surface area contributed by atoms with Crippen LogP contribution in [0.3, 0.4) is 0 Å². The number of benzene rings is 2. The van der Waals surface area contributed by atoms with Crippen molar-refractivity contribution in [1.82, 2.24) is 4.98 Å². The Morgan fingerprint density at radius 1 is 1.18 bits per heavy atom. The number of hydrogen-bond donors (Lipinski definition) is 2. The van der Waals surface area contributed by atoms with Crippen molar-refractivity contribution in [1.29, 1.82) is 0 Å². The van der Waals surface area contributed by atoms with E-state index in [1.807, 2.05) is 48.5 Å². The molecular weight excluding hydrogens is 296 g/mol. The van der Waals surface area contributed by atoms with E-state index in [0.29, 0.717) is 6.42 Å². The zero-order chi connectivity index (χ0) is 15.5. The highest BCUT2D eigenvalue weighted by molar-refractivity contribution is 7.21. The first-order valence-corrected chi connectivity index (χ1v) is 7.89. The molecule has 3 rings (SSSR count). The molecule has 1 aromatic heterocycles. The van der Waals surface area contributed by atoms with Crippen LogP contribution in [0.4, 0.5) is 0 Å². The third kappa shape index (κ3) is 3.00. The Kier molecular flexibility index (Phi) is 4.18. The van der Waals surface area contributed by atoms with Crippen molar-refractivity contribution >= 4 is 27.5 Å². The molecular formula is C17H16N2O2S. The summed E-state index contributed by atoms with van der Waals surface area (Å²) in [7, 11) is 0. The molecule has 0 saturated heterocycles. The first-order valence-electron chi connectivity index (χ1n) is 7.07. The van der Waals surface area contributed by atoms with Crippen molar-refractivity contribution < 1.29 is 9.90 Å². The van der Waals surface area contributed by atoms with Crippen LogP contribution in [0.1, 0.15) is 24.4 Å². The Balaban J connectivity index is 1.98. The molecule has 0 fully saturated rings. The van der Waals surface area contributed by atoms with Gasteiger partial charge in [0.1, 0.15) is 5.01 Å². The zero-order valence-electron chi connectivity index (χ0n) is 11.9. The van der Waals surface area contributed by atoms with E-state index in [2.05, 4.69) is 4.98 Å². The summed E-state index contributed by atoms with van der Waals surface area (Å²) in [6.07, 6.45) is 0.479. The highest BCUT2D eigenvalue weighted by atomic mass is 32.1. The second-order valence-corrected chi connectivity index (χ2v) is 6.14. The molecule has 0 spiro atoms. The van der Waals surface area contributed by atoms with Crippen LogP contribution >= 0.6 is 11.3 Å². The monoisotopic (exact) mass is 312 g/mol. The minimum atomic E-state index is -0.826. The number of rotatable bonds is 5. The van der Waals surface area contributed by atoms with Crippen molar-refractivity contribution in [2.75, 3.05) is 0 Å². The van der Waals surface area contributed by atoms with Crippen LogP contribution < -0.4 is 5.73 Å². The molecule has 112 valence electrons. The number of aromatic nitrogens is 1. The van der Waals surface area contributed by atoms with Gasteiger partial charge in [0.25, 0.3) is 0 Å². The van der Waals surface area contributed by atoms with Crippen LogP contribution in [-0.4, -0.2) is 16.1 Å². The summed E-state index contributed by atoms with van der Waals surface area (Å²) in [6.45, 7) is 0. The Bertz CT molecular complexity index is 780. The number of carboxylic acid groups (broad SMARTS) is 1. The SMILES string of the molecule is NC(CCC(=O)O)c1ccccc1-c1nc2ccccc2s1. The molecule has 4 nitrogen and oxygen atoms in total. The Labute approximate surface area is 132 Å². The second kappa shape index (κ2) is 6.25. The first kappa shape index (κ1) is 14.7. The van der Waals surface area contributed by atoms with Gasteiger partial charge in [0.15, 0.2) is 0 Å². The zero-order valence-corrected chi connectivity index (χ0v) is 12.7. The maximum atomic E-state index is 10.7. The molecule has 0 aliphatic carbocycles. The molecule has 1 unspecified atom stereocenters. The molecule has 0 aliphatic rings. The standard InChI is InChI=1S/C17H16N2O2S/c18-13(9-10-16(20)21)11-5-1-2-6-12(11)17-19-14-7-3-4-8-15(14)22-17/h1-8,13H,9-10,18H2,(H,20,21). The van der Waals surface area contributed by atoms with Gasteiger partial charge >= 0.3 is 5.97 Å². The first-order chi connectivity index (χ1) is 10.6. The van der Waals surface area contributed by atoms with Gasteiger partial charge in [0, 0.05) is 18.0 Å². The Morgan fingerprint density at radius 2 is 1.91 bits per heavy atom. The van der Waals surface area contributed by atoms with Crippen LogP contribution in [0.5, 0.6) is 0 Å². The average molecular weight is 312 g/mol. The predicted molar refractivity (Wildman–Crippen MR) is 88.9 cm³/mol. The normalized spacial score (nSPS) is 12.4. The number of fused-ring (bicyclic) bond motifs is 1. The lowest BCUT2D eigenvalue weighted by atomic mass is 9.98. The Hall–Kier alpha value is -2.24. The molecule has 5 heteroatoms. The van der Waals surface area contributed by atoms with Crippen LogP contribution in [0.25, 0.3) is 20.8 Å². The van der Waals surface area contributed by atoms with E-state index in [-0.39, 0.29) is 12.5 Å². The van der Waals surface area contributed by atoms with Crippen molar-refractivity contribution in [3.8, 4) is 10.6 Å². The van der Waals surface area contributed by atoms with E-state index >= 15 is 0 Å². The molecule has 2 aromatic carbocycles. The lowest BCUT2D eigenvalue weighted by Crippen LogP contribution is -2.13. The number of carboxylic acids is 1. The van der Waals surface area contributed by atoms with E-state index < -0.39 is 5.97 Å². The second-order valence-electron chi connectivity index (χ2n) is 5.11. The summed E-state index contributed by atoms with van der Waals surface area (Å²) in [6, 6.07) is 15.5. The maximum Gasteiger partial charge on any atom is 0.303 e. The highest BCUT2D eigenvalue weighted by Crippen LogP contribution is 2.34. The fourth-order valence-electron chi connectivity index (χ4n) is 2.44. The molecule has 22 heavy (non-hydrogen) atoms. The van der Waals surface area contributed by atoms with Gasteiger partial charge in [-0.1, -0.05) is 36.4 Å². The number of carbonyl (C=O) groups is 1. The number of aliphatic carboxylic acids is 1. The smallest absolute Gasteiger partial charge is 0.303 e. The van der Waals surface area contributed by atoms with Gasteiger partial charge in [-0.25, -0.2) is 4.98 Å². The lowest BCUT2D eigenvalue weighted by molar-refractivity contribution is -0.137. The minimum Gasteiger partial charge on any atom is -0.481 e. The third-order valence-electron chi connectivity index (χ3n) is 3.55. The van der Waals surface area contributed by atoms with Crippen molar-refractivity contribution in [2.45, 2.75) is 18.9 Å². The van der Waals surface area contributed by atoms with E-state index in [1.165, 1.54) is 0 Å². The van der Waals surface area contributed by atoms with Crippen LogP contribution in [0.2, 0.25) is 0 Å². The molecule has 1 atom stereocenters. The van der Waals surface area contributed by atoms with Crippen LogP contribution in [0, 0.1) is 0 Å². The topological polar surface area (TPSA) is 76.2 Å². The summed E-state index contributed by atoms with van der Waals surface area (Å²) in [4.78, 5) is 15.4. The quantitative estimate of drug-likeness (QED) is 0.750. The third-order valence-corrected chi connectivity index (χ3v) is 4.62. The van der Waals surface area contributed by atoms with E-state index in [1.54, 1.807) is 11.3 Å². The van der Waals surface area contributed by atoms with Gasteiger partial charge in [0.2, 0.25) is 0 Å². The summed E-state index contributed by atoms with van der Waals surface area (Å²) >= 11 is 1.62. The van der Waals surface area contributed by atoms with Crippen LogP contribution in [0.15, 0.2) is 48.5 Å². The fraction of sp³-hybridized carbons (Fsp3) is 0.176. The summed E-state index contributed by atoms with van der Waals surface area (Å²) in [5.41, 5.74) is 9.09. The molecule has 3 N–H and O–H groups in total. The molecule has 0 bridgehead atoms. The number of para-hydroxylation sites is 1. The largest absolute Gasteiger partial charge is 0.481 e. The molecule has 0 aliphatic heterocycles. The molecule has 3 aromatic rings. The molecule has 1 heterocycles. The van der Waals surface area contributed by atoms with E-state index in [9.17, 15) is 4.79 Å². The van der Waals surface area contributed by atoms with E-state index in [4.69, 9.17) is 10.8 Å². The summed E-state index contributed by atoms with van der Waals surface area (Å²) in [5, 5.41) is 9.74. The Morgan fingerprint density at radius 3 is 2.68 bits per heavy atom. The molecule has 0 saturated carbocycles. The summed E-state index contributed by atoms with van der Waals surface area (Å²) < 4.78 is 1.13. The van der Waals surface area contributed by atoms with Crippen molar-refractivity contribution in [3.63, 3.8) is 0 Å². The lowest BCUT2D eigenvalue weighted by Gasteiger charge is -2.14. The molecule has 0 amide bonds. The number of thiazole rings is 1. The van der Waals surface area contributed by atoms with Gasteiger partial charge in [-0.15, -0.1) is 11.3 Å².